The second-order valence-corrected chi connectivity index (χ2v) is 8.12. The Morgan fingerprint density at radius 2 is 1.90 bits per heavy atom. The molecule has 8 nitrogen and oxygen atoms in total. The van der Waals surface area contributed by atoms with Crippen LogP contribution in [0.4, 0.5) is 4.79 Å². The van der Waals surface area contributed by atoms with Crippen molar-refractivity contribution in [1.29, 1.82) is 0 Å². The highest BCUT2D eigenvalue weighted by Gasteiger charge is 2.50. The Balaban J connectivity index is 1.54. The maximum atomic E-state index is 12.8. The molecule has 1 fully saturated rings. The number of amides is 4. The van der Waals surface area contributed by atoms with E-state index in [4.69, 9.17) is 9.47 Å². The summed E-state index contributed by atoms with van der Waals surface area (Å²) in [7, 11) is 0. The van der Waals surface area contributed by atoms with Gasteiger partial charge in [0, 0.05) is 11.4 Å². The Labute approximate surface area is 185 Å². The third-order valence-electron chi connectivity index (χ3n) is 4.93. The Morgan fingerprint density at radius 1 is 1.16 bits per heavy atom. The fraction of sp³-hybridized carbons (Fsp3) is 0.409. The number of carbonyl (C=O) groups is 3. The summed E-state index contributed by atoms with van der Waals surface area (Å²) in [6, 6.07) is 8.71. The number of rotatable bonds is 10. The summed E-state index contributed by atoms with van der Waals surface area (Å²) in [5.74, 6) is 0.530. The number of ether oxygens (including phenoxy) is 2. The zero-order chi connectivity index (χ0) is 22.4. The van der Waals surface area contributed by atoms with E-state index in [1.165, 1.54) is 11.3 Å². The summed E-state index contributed by atoms with van der Waals surface area (Å²) in [5, 5.41) is 7.31. The van der Waals surface area contributed by atoms with Gasteiger partial charge in [-0.2, -0.15) is 0 Å². The molecule has 1 aromatic heterocycles. The number of carbonyl (C=O) groups excluding carboxylic acids is 3. The van der Waals surface area contributed by atoms with E-state index in [0.29, 0.717) is 37.7 Å². The van der Waals surface area contributed by atoms with E-state index in [9.17, 15) is 14.4 Å². The van der Waals surface area contributed by atoms with Crippen molar-refractivity contribution in [3.05, 3.63) is 46.2 Å². The number of hydrogen-bond acceptors (Lipinski definition) is 6. The molecule has 0 radical (unpaired) electrons. The van der Waals surface area contributed by atoms with Crippen molar-refractivity contribution in [3.63, 3.8) is 0 Å². The molecule has 0 aliphatic carbocycles. The van der Waals surface area contributed by atoms with Crippen LogP contribution >= 0.6 is 11.3 Å². The van der Waals surface area contributed by atoms with Crippen LogP contribution in [0, 0.1) is 0 Å². The number of benzene rings is 1. The molecule has 2 N–H and O–H groups in total. The van der Waals surface area contributed by atoms with E-state index in [1.807, 2.05) is 43.5 Å². The first-order valence-corrected chi connectivity index (χ1v) is 11.1. The quantitative estimate of drug-likeness (QED) is 0.548. The van der Waals surface area contributed by atoms with Crippen LogP contribution in [-0.2, 0) is 21.5 Å². The predicted molar refractivity (Wildman–Crippen MR) is 117 cm³/mol. The van der Waals surface area contributed by atoms with Gasteiger partial charge in [0.25, 0.3) is 5.91 Å². The molecule has 0 saturated carbocycles. The fourth-order valence-corrected chi connectivity index (χ4v) is 4.20. The van der Waals surface area contributed by atoms with Crippen LogP contribution in [0.2, 0.25) is 0 Å². The summed E-state index contributed by atoms with van der Waals surface area (Å²) in [6.45, 7) is 6.58. The second-order valence-electron chi connectivity index (χ2n) is 7.17. The third-order valence-corrected chi connectivity index (χ3v) is 6.03. The topological polar surface area (TPSA) is 97.0 Å². The summed E-state index contributed by atoms with van der Waals surface area (Å²) < 4.78 is 11.2. The minimum atomic E-state index is -1.14. The van der Waals surface area contributed by atoms with Crippen molar-refractivity contribution >= 4 is 29.2 Å². The van der Waals surface area contributed by atoms with Gasteiger partial charge in [-0.25, -0.2) is 4.79 Å². The molecular formula is C22H27N3O5S. The van der Waals surface area contributed by atoms with E-state index in [1.54, 1.807) is 13.0 Å². The molecule has 1 aliphatic rings. The maximum absolute atomic E-state index is 12.8. The Morgan fingerprint density at radius 3 is 2.58 bits per heavy atom. The lowest BCUT2D eigenvalue weighted by atomic mass is 10.0. The van der Waals surface area contributed by atoms with Gasteiger partial charge in [0.15, 0.2) is 17.0 Å². The van der Waals surface area contributed by atoms with Crippen LogP contribution in [0.5, 0.6) is 11.5 Å². The van der Waals surface area contributed by atoms with Gasteiger partial charge in [-0.05, 0) is 56.3 Å². The molecule has 3 rings (SSSR count). The number of hydrogen-bond donors (Lipinski definition) is 2. The van der Waals surface area contributed by atoms with Gasteiger partial charge in [0.1, 0.15) is 6.54 Å². The molecule has 2 aromatic rings. The first kappa shape index (κ1) is 22.6. The molecule has 31 heavy (non-hydrogen) atoms. The molecule has 1 atom stereocenters. The number of nitrogens with zero attached hydrogens (tertiary/aromatic N) is 1. The standard InChI is InChI=1S/C22H27N3O5S/c1-4-29-16-9-8-15(13-17(16)30-5-2)10-11-23-19(26)14-25-20(27)22(3,24-21(25)28)18-7-6-12-31-18/h6-9,12-13H,4-5,10-11,14H2,1-3H3,(H,23,26)(H,24,28)/t22-/m1/s1. The molecule has 1 aromatic carbocycles. The van der Waals surface area contributed by atoms with Crippen LogP contribution in [-0.4, -0.2) is 49.0 Å². The van der Waals surface area contributed by atoms with Crippen molar-refractivity contribution in [1.82, 2.24) is 15.5 Å². The molecule has 1 saturated heterocycles. The molecule has 0 bridgehead atoms. The highest BCUT2D eigenvalue weighted by molar-refractivity contribution is 7.10. The third kappa shape index (κ3) is 4.99. The largest absolute Gasteiger partial charge is 0.490 e. The molecule has 9 heteroatoms. The first-order valence-electron chi connectivity index (χ1n) is 10.2. The Bertz CT molecular complexity index is 947. The molecule has 4 amide bonds. The fourth-order valence-electron chi connectivity index (χ4n) is 3.37. The van der Waals surface area contributed by atoms with Gasteiger partial charge < -0.3 is 20.1 Å². The molecule has 0 spiro atoms. The van der Waals surface area contributed by atoms with E-state index in [-0.39, 0.29) is 6.54 Å². The van der Waals surface area contributed by atoms with Crippen LogP contribution in [0.25, 0.3) is 0 Å². The van der Waals surface area contributed by atoms with Gasteiger partial charge in [-0.1, -0.05) is 12.1 Å². The zero-order valence-corrected chi connectivity index (χ0v) is 18.7. The molecular weight excluding hydrogens is 418 g/mol. The van der Waals surface area contributed by atoms with Crippen molar-refractivity contribution in [2.24, 2.45) is 0 Å². The summed E-state index contributed by atoms with van der Waals surface area (Å²) in [5.41, 5.74) is -0.156. The van der Waals surface area contributed by atoms with Crippen LogP contribution in [0.3, 0.4) is 0 Å². The Kier molecular flexibility index (Phi) is 7.17. The molecule has 0 unspecified atom stereocenters. The van der Waals surface area contributed by atoms with E-state index >= 15 is 0 Å². The summed E-state index contributed by atoms with van der Waals surface area (Å²) in [6.07, 6.45) is 0.575. The SMILES string of the molecule is CCOc1ccc(CCNC(=O)CN2C(=O)N[C@](C)(c3cccs3)C2=O)cc1OCC. The number of thiophene rings is 1. The highest BCUT2D eigenvalue weighted by Crippen LogP contribution is 2.32. The lowest BCUT2D eigenvalue weighted by Crippen LogP contribution is -2.43. The number of nitrogens with one attached hydrogen (secondary N) is 2. The minimum Gasteiger partial charge on any atom is -0.490 e. The molecule has 166 valence electrons. The van der Waals surface area contributed by atoms with E-state index < -0.39 is 23.4 Å². The first-order chi connectivity index (χ1) is 14.9. The van der Waals surface area contributed by atoms with Crippen LogP contribution in [0.1, 0.15) is 31.2 Å². The normalized spacial score (nSPS) is 18.1. The van der Waals surface area contributed by atoms with Gasteiger partial charge in [0.2, 0.25) is 5.91 Å². The molecule has 1 aliphatic heterocycles. The second kappa shape index (κ2) is 9.82. The van der Waals surface area contributed by atoms with Gasteiger partial charge in [-0.15, -0.1) is 11.3 Å². The molecule has 2 heterocycles. The minimum absolute atomic E-state index is 0.320. The Hall–Kier alpha value is -3.07. The van der Waals surface area contributed by atoms with Crippen LogP contribution in [0.15, 0.2) is 35.7 Å². The average Bonchev–Trinajstić information content (AvgIpc) is 3.35. The summed E-state index contributed by atoms with van der Waals surface area (Å²) >= 11 is 1.38. The predicted octanol–water partition coefficient (Wildman–Crippen LogP) is 2.67. The smallest absolute Gasteiger partial charge is 0.325 e. The monoisotopic (exact) mass is 445 g/mol. The van der Waals surface area contributed by atoms with Crippen molar-refractivity contribution in [2.45, 2.75) is 32.7 Å². The van der Waals surface area contributed by atoms with Crippen molar-refractivity contribution < 1.29 is 23.9 Å². The van der Waals surface area contributed by atoms with Crippen LogP contribution < -0.4 is 20.1 Å². The lowest BCUT2D eigenvalue weighted by molar-refractivity contribution is -0.134. The van der Waals surface area contributed by atoms with Crippen molar-refractivity contribution in [3.8, 4) is 11.5 Å². The highest BCUT2D eigenvalue weighted by atomic mass is 32.1. The zero-order valence-electron chi connectivity index (χ0n) is 17.9. The summed E-state index contributed by atoms with van der Waals surface area (Å²) in [4.78, 5) is 39.1. The lowest BCUT2D eigenvalue weighted by Gasteiger charge is -2.20. The average molecular weight is 446 g/mol. The number of imide groups is 1. The van der Waals surface area contributed by atoms with E-state index in [2.05, 4.69) is 10.6 Å². The van der Waals surface area contributed by atoms with Crippen molar-refractivity contribution in [2.75, 3.05) is 26.3 Å². The van der Waals surface area contributed by atoms with Gasteiger partial charge >= 0.3 is 6.03 Å². The maximum Gasteiger partial charge on any atom is 0.325 e. The van der Waals surface area contributed by atoms with Gasteiger partial charge in [0.05, 0.1) is 13.2 Å². The van der Waals surface area contributed by atoms with Gasteiger partial charge in [-0.3, -0.25) is 14.5 Å². The number of urea groups is 1. The van der Waals surface area contributed by atoms with E-state index in [0.717, 1.165) is 15.3 Å².